The van der Waals surface area contributed by atoms with Gasteiger partial charge in [0.2, 0.25) is 5.91 Å². The summed E-state index contributed by atoms with van der Waals surface area (Å²) in [6.07, 6.45) is 0. The van der Waals surface area contributed by atoms with Gasteiger partial charge in [0.25, 0.3) is 0 Å². The van der Waals surface area contributed by atoms with Crippen LogP contribution >= 0.6 is 23.1 Å². The van der Waals surface area contributed by atoms with Crippen molar-refractivity contribution in [2.24, 2.45) is 0 Å². The monoisotopic (exact) mass is 418 g/mol. The molecular weight excluding hydrogens is 388 g/mol. The number of aromatic nitrogens is 1. The third-order valence-electron chi connectivity index (χ3n) is 4.91. The van der Waals surface area contributed by atoms with Crippen LogP contribution in [-0.2, 0) is 10.2 Å². The van der Waals surface area contributed by atoms with Gasteiger partial charge in [-0.05, 0) is 30.8 Å². The number of anilines is 2. The average Bonchev–Trinajstić information content (AvgIpc) is 3.17. The molecule has 2 aromatic rings. The summed E-state index contributed by atoms with van der Waals surface area (Å²) >= 11 is 3.10. The van der Waals surface area contributed by atoms with E-state index in [0.717, 1.165) is 48.4 Å². The predicted molar refractivity (Wildman–Crippen MR) is 121 cm³/mol. The van der Waals surface area contributed by atoms with Gasteiger partial charge in [0.05, 0.1) is 11.4 Å². The van der Waals surface area contributed by atoms with Crippen LogP contribution < -0.4 is 10.2 Å². The summed E-state index contributed by atoms with van der Waals surface area (Å²) in [6, 6.07) is 8.18. The van der Waals surface area contributed by atoms with Crippen LogP contribution in [0.1, 0.15) is 33.4 Å². The number of hydrogen-bond acceptors (Lipinski definition) is 6. The second-order valence-electron chi connectivity index (χ2n) is 8.05. The number of thioether (sulfide) groups is 1. The van der Waals surface area contributed by atoms with E-state index in [-0.39, 0.29) is 11.3 Å². The largest absolute Gasteiger partial charge is 0.369 e. The molecule has 0 bridgehead atoms. The Morgan fingerprint density at radius 2 is 1.86 bits per heavy atom. The normalized spacial score (nSPS) is 15.6. The van der Waals surface area contributed by atoms with Crippen molar-refractivity contribution in [2.45, 2.75) is 37.4 Å². The molecule has 5 nitrogen and oxygen atoms in total. The molecular formula is C21H30N4OS2. The summed E-state index contributed by atoms with van der Waals surface area (Å²) in [6.45, 7) is 14.1. The maximum atomic E-state index is 12.3. The van der Waals surface area contributed by atoms with Crippen molar-refractivity contribution in [2.75, 3.05) is 48.7 Å². The van der Waals surface area contributed by atoms with E-state index in [1.165, 1.54) is 17.4 Å². The first-order valence-electron chi connectivity index (χ1n) is 9.81. The maximum absolute atomic E-state index is 12.3. The van der Waals surface area contributed by atoms with E-state index in [1.54, 1.807) is 11.3 Å². The summed E-state index contributed by atoms with van der Waals surface area (Å²) in [5, 5.41) is 5.07. The summed E-state index contributed by atoms with van der Waals surface area (Å²) in [5.74, 6) is 0.375. The molecule has 3 rings (SSSR count). The molecule has 7 heteroatoms. The summed E-state index contributed by atoms with van der Waals surface area (Å²) in [4.78, 5) is 21.8. The minimum atomic E-state index is 0.00168. The van der Waals surface area contributed by atoms with E-state index < -0.39 is 0 Å². The van der Waals surface area contributed by atoms with Crippen LogP contribution in [0.15, 0.2) is 34.0 Å². The lowest BCUT2D eigenvalue weighted by molar-refractivity contribution is -0.113. The third-order valence-corrected chi connectivity index (χ3v) is 6.94. The maximum Gasteiger partial charge on any atom is 0.234 e. The number of rotatable bonds is 6. The Morgan fingerprint density at radius 1 is 1.18 bits per heavy atom. The molecule has 1 amide bonds. The van der Waals surface area contributed by atoms with Gasteiger partial charge in [-0.25, -0.2) is 4.98 Å². The SMILES string of the molecule is CCN1CCN(c2ccc(NC(=O)CSc3nc(C(C)(C)C)cs3)cc2)CC1. The zero-order valence-electron chi connectivity index (χ0n) is 17.2. The Hall–Kier alpha value is -1.57. The highest BCUT2D eigenvalue weighted by atomic mass is 32.2. The number of hydrogen-bond donors (Lipinski definition) is 1. The van der Waals surface area contributed by atoms with Crippen molar-refractivity contribution >= 4 is 40.4 Å². The van der Waals surface area contributed by atoms with Crippen molar-refractivity contribution in [3.63, 3.8) is 0 Å². The van der Waals surface area contributed by atoms with Gasteiger partial charge in [0.15, 0.2) is 4.34 Å². The van der Waals surface area contributed by atoms with Gasteiger partial charge in [0, 0.05) is 48.3 Å². The molecule has 0 saturated carbocycles. The number of nitrogens with zero attached hydrogens (tertiary/aromatic N) is 3. The highest BCUT2D eigenvalue weighted by Crippen LogP contribution is 2.29. The quantitative estimate of drug-likeness (QED) is 0.708. The Labute approximate surface area is 176 Å². The van der Waals surface area contributed by atoms with Gasteiger partial charge in [-0.15, -0.1) is 11.3 Å². The summed E-state index contributed by atoms with van der Waals surface area (Å²) in [7, 11) is 0. The van der Waals surface area contributed by atoms with Crippen LogP contribution in [0.4, 0.5) is 11.4 Å². The Morgan fingerprint density at radius 3 is 2.43 bits per heavy atom. The fourth-order valence-electron chi connectivity index (χ4n) is 3.07. The Balaban J connectivity index is 1.47. The smallest absolute Gasteiger partial charge is 0.234 e. The van der Waals surface area contributed by atoms with Gasteiger partial charge >= 0.3 is 0 Å². The van der Waals surface area contributed by atoms with E-state index in [9.17, 15) is 4.79 Å². The molecule has 0 radical (unpaired) electrons. The summed E-state index contributed by atoms with van der Waals surface area (Å²) < 4.78 is 0.946. The van der Waals surface area contributed by atoms with Crippen LogP contribution in [0.2, 0.25) is 0 Å². The van der Waals surface area contributed by atoms with Crippen LogP contribution in [0.25, 0.3) is 0 Å². The van der Waals surface area contributed by atoms with E-state index in [0.29, 0.717) is 5.75 Å². The van der Waals surface area contributed by atoms with Crippen molar-refractivity contribution in [3.05, 3.63) is 35.3 Å². The number of amides is 1. The van der Waals surface area contributed by atoms with Gasteiger partial charge in [-0.1, -0.05) is 39.5 Å². The van der Waals surface area contributed by atoms with Crippen LogP contribution in [0, 0.1) is 0 Å². The van der Waals surface area contributed by atoms with Gasteiger partial charge in [-0.3, -0.25) is 4.79 Å². The molecule has 1 aromatic heterocycles. The van der Waals surface area contributed by atoms with Crippen LogP contribution in [-0.4, -0.2) is 54.3 Å². The molecule has 0 aliphatic carbocycles. The third kappa shape index (κ3) is 5.72. The zero-order chi connectivity index (χ0) is 20.1. The molecule has 1 saturated heterocycles. The standard InChI is InChI=1S/C21H30N4OS2/c1-5-24-10-12-25(13-11-24)17-8-6-16(7-9-17)22-19(26)15-28-20-23-18(14-27-20)21(2,3)4/h6-9,14H,5,10-13,15H2,1-4H3,(H,22,26). The molecule has 1 N–H and O–H groups in total. The lowest BCUT2D eigenvalue weighted by Crippen LogP contribution is -2.46. The molecule has 1 aromatic carbocycles. The zero-order valence-corrected chi connectivity index (χ0v) is 18.8. The number of nitrogens with one attached hydrogen (secondary N) is 1. The summed E-state index contributed by atoms with van der Waals surface area (Å²) in [5.41, 5.74) is 3.19. The molecule has 1 fully saturated rings. The Kier molecular flexibility index (Phi) is 7.01. The van der Waals surface area contributed by atoms with Crippen LogP contribution in [0.3, 0.4) is 0 Å². The predicted octanol–water partition coefficient (Wildman–Crippen LogP) is 4.31. The van der Waals surface area contributed by atoms with Crippen molar-refractivity contribution < 1.29 is 4.79 Å². The van der Waals surface area contributed by atoms with Crippen molar-refractivity contribution in [1.82, 2.24) is 9.88 Å². The second kappa shape index (κ2) is 9.29. The highest BCUT2D eigenvalue weighted by molar-refractivity contribution is 8.01. The van der Waals surface area contributed by atoms with Crippen molar-refractivity contribution in [1.29, 1.82) is 0 Å². The molecule has 152 valence electrons. The number of thiazole rings is 1. The number of likely N-dealkylation sites (N-methyl/N-ethyl adjacent to an activating group) is 1. The highest BCUT2D eigenvalue weighted by Gasteiger charge is 2.18. The lowest BCUT2D eigenvalue weighted by atomic mass is 9.93. The average molecular weight is 419 g/mol. The van der Waals surface area contributed by atoms with E-state index in [4.69, 9.17) is 0 Å². The first-order valence-corrected chi connectivity index (χ1v) is 11.7. The van der Waals surface area contributed by atoms with Crippen LogP contribution in [0.5, 0.6) is 0 Å². The Bertz CT molecular complexity index is 774. The fraction of sp³-hybridized carbons (Fsp3) is 0.524. The first kappa shape index (κ1) is 21.1. The number of benzene rings is 1. The molecule has 0 spiro atoms. The molecule has 0 atom stereocenters. The van der Waals surface area contributed by atoms with E-state index in [1.807, 2.05) is 12.1 Å². The van der Waals surface area contributed by atoms with Crippen molar-refractivity contribution in [3.8, 4) is 0 Å². The number of carbonyl (C=O) groups is 1. The first-order chi connectivity index (χ1) is 13.3. The molecule has 28 heavy (non-hydrogen) atoms. The fourth-order valence-corrected chi connectivity index (χ4v) is 4.92. The minimum Gasteiger partial charge on any atom is -0.369 e. The lowest BCUT2D eigenvalue weighted by Gasteiger charge is -2.35. The number of carbonyl (C=O) groups excluding carboxylic acids is 1. The van der Waals surface area contributed by atoms with E-state index >= 15 is 0 Å². The molecule has 1 aliphatic rings. The molecule has 2 heterocycles. The van der Waals surface area contributed by atoms with Gasteiger partial charge in [0.1, 0.15) is 0 Å². The van der Waals surface area contributed by atoms with E-state index in [2.05, 4.69) is 65.3 Å². The minimum absolute atomic E-state index is 0.00168. The number of piperazine rings is 1. The second-order valence-corrected chi connectivity index (χ2v) is 10.1. The molecule has 0 unspecified atom stereocenters. The topological polar surface area (TPSA) is 48.5 Å². The molecule has 1 aliphatic heterocycles. The van der Waals surface area contributed by atoms with Gasteiger partial charge in [-0.2, -0.15) is 0 Å². The van der Waals surface area contributed by atoms with Gasteiger partial charge < -0.3 is 15.1 Å².